The predicted molar refractivity (Wildman–Crippen MR) is 56.1 cm³/mol. The molecule has 0 aliphatic carbocycles. The molecule has 72 valence electrons. The number of allylic oxidation sites excluding steroid dienone is 2. The first-order valence-electron chi connectivity index (χ1n) is 4.34. The molecule has 1 aromatic rings. The molecule has 0 aliphatic heterocycles. The standard InChI is InChI=1S/C12H12O2/c1-2-3-7-10-14-12(13)11-8-5-4-6-9-11/h2-9H,1,10H2. The van der Waals surface area contributed by atoms with Crippen LogP contribution in [-0.4, -0.2) is 12.6 Å². The van der Waals surface area contributed by atoms with Gasteiger partial charge in [-0.05, 0) is 18.2 Å². The smallest absolute Gasteiger partial charge is 0.338 e. The molecule has 2 nitrogen and oxygen atoms in total. The van der Waals surface area contributed by atoms with E-state index in [4.69, 9.17) is 4.74 Å². The summed E-state index contributed by atoms with van der Waals surface area (Å²) >= 11 is 0. The van der Waals surface area contributed by atoms with Gasteiger partial charge < -0.3 is 4.74 Å². The van der Waals surface area contributed by atoms with Crippen molar-refractivity contribution in [3.05, 3.63) is 60.7 Å². The van der Waals surface area contributed by atoms with Gasteiger partial charge in [0.2, 0.25) is 0 Å². The molecule has 0 bridgehead atoms. The Morgan fingerprint density at radius 1 is 1.36 bits per heavy atom. The summed E-state index contributed by atoms with van der Waals surface area (Å²) in [5.41, 5.74) is 0.569. The van der Waals surface area contributed by atoms with Gasteiger partial charge >= 0.3 is 5.97 Å². The van der Waals surface area contributed by atoms with Gasteiger partial charge in [-0.3, -0.25) is 0 Å². The molecule has 0 spiro atoms. The SMILES string of the molecule is C=CC=CCOC(=O)c1ccccc1. The molecule has 0 aromatic heterocycles. The zero-order valence-electron chi connectivity index (χ0n) is 7.85. The third kappa shape index (κ3) is 3.27. The number of ether oxygens (including phenoxy) is 1. The summed E-state index contributed by atoms with van der Waals surface area (Å²) in [4.78, 5) is 11.3. The minimum absolute atomic E-state index is 0.278. The molecular weight excluding hydrogens is 176 g/mol. The number of rotatable bonds is 4. The summed E-state index contributed by atoms with van der Waals surface area (Å²) in [5.74, 6) is -0.306. The minimum Gasteiger partial charge on any atom is -0.458 e. The zero-order valence-corrected chi connectivity index (χ0v) is 7.85. The first-order chi connectivity index (χ1) is 6.84. The van der Waals surface area contributed by atoms with Gasteiger partial charge in [0.15, 0.2) is 0 Å². The molecule has 14 heavy (non-hydrogen) atoms. The van der Waals surface area contributed by atoms with Crippen LogP contribution in [0.4, 0.5) is 0 Å². The van der Waals surface area contributed by atoms with E-state index in [1.165, 1.54) is 0 Å². The zero-order chi connectivity index (χ0) is 10.2. The van der Waals surface area contributed by atoms with Gasteiger partial charge in [0.1, 0.15) is 6.61 Å². The van der Waals surface area contributed by atoms with Crippen LogP contribution in [0, 0.1) is 0 Å². The van der Waals surface area contributed by atoms with Crippen LogP contribution in [0.5, 0.6) is 0 Å². The molecule has 0 fully saturated rings. The van der Waals surface area contributed by atoms with Gasteiger partial charge in [0.05, 0.1) is 5.56 Å². The highest BCUT2D eigenvalue weighted by molar-refractivity contribution is 5.89. The van der Waals surface area contributed by atoms with Crippen molar-refractivity contribution >= 4 is 5.97 Å². The highest BCUT2D eigenvalue weighted by Gasteiger charge is 2.03. The van der Waals surface area contributed by atoms with Crippen LogP contribution in [0.25, 0.3) is 0 Å². The maximum absolute atomic E-state index is 11.3. The van der Waals surface area contributed by atoms with E-state index >= 15 is 0 Å². The Labute approximate surface area is 83.5 Å². The van der Waals surface area contributed by atoms with E-state index in [-0.39, 0.29) is 12.6 Å². The first kappa shape index (κ1) is 10.3. The van der Waals surface area contributed by atoms with Crippen molar-refractivity contribution in [2.75, 3.05) is 6.61 Å². The van der Waals surface area contributed by atoms with Crippen molar-refractivity contribution in [3.63, 3.8) is 0 Å². The van der Waals surface area contributed by atoms with Crippen LogP contribution in [0.3, 0.4) is 0 Å². The minimum atomic E-state index is -0.306. The molecule has 2 heteroatoms. The first-order valence-corrected chi connectivity index (χ1v) is 4.34. The van der Waals surface area contributed by atoms with Gasteiger partial charge in [0, 0.05) is 0 Å². The number of esters is 1. The lowest BCUT2D eigenvalue weighted by atomic mass is 10.2. The predicted octanol–water partition coefficient (Wildman–Crippen LogP) is 2.59. The van der Waals surface area contributed by atoms with E-state index in [0.29, 0.717) is 5.56 Å². The number of hydrogen-bond acceptors (Lipinski definition) is 2. The number of hydrogen-bond donors (Lipinski definition) is 0. The lowest BCUT2D eigenvalue weighted by Crippen LogP contribution is -2.04. The summed E-state index contributed by atoms with van der Waals surface area (Å²) < 4.78 is 4.96. The summed E-state index contributed by atoms with van der Waals surface area (Å²) in [5, 5.41) is 0. The van der Waals surface area contributed by atoms with Crippen molar-refractivity contribution in [2.45, 2.75) is 0 Å². The van der Waals surface area contributed by atoms with Crippen molar-refractivity contribution in [2.24, 2.45) is 0 Å². The lowest BCUT2D eigenvalue weighted by molar-refractivity contribution is 0.0549. The fourth-order valence-electron chi connectivity index (χ4n) is 0.933. The van der Waals surface area contributed by atoms with Gasteiger partial charge in [-0.25, -0.2) is 4.79 Å². The number of benzene rings is 1. The monoisotopic (exact) mass is 188 g/mol. The third-order valence-electron chi connectivity index (χ3n) is 1.59. The Balaban J connectivity index is 2.43. The average Bonchev–Trinajstić information content (AvgIpc) is 2.25. The van der Waals surface area contributed by atoms with Gasteiger partial charge in [-0.15, -0.1) is 0 Å². The van der Waals surface area contributed by atoms with Crippen LogP contribution in [0.15, 0.2) is 55.1 Å². The summed E-state index contributed by atoms with van der Waals surface area (Å²) in [6, 6.07) is 8.90. The fraction of sp³-hybridized carbons (Fsp3) is 0.0833. The van der Waals surface area contributed by atoms with E-state index in [1.807, 2.05) is 6.07 Å². The topological polar surface area (TPSA) is 26.3 Å². The molecule has 0 saturated carbocycles. The third-order valence-corrected chi connectivity index (χ3v) is 1.59. The molecule has 1 rings (SSSR count). The van der Waals surface area contributed by atoms with Crippen LogP contribution in [0.1, 0.15) is 10.4 Å². The summed E-state index contributed by atoms with van der Waals surface area (Å²) in [7, 11) is 0. The van der Waals surface area contributed by atoms with E-state index < -0.39 is 0 Å². The second kappa shape index (κ2) is 5.75. The lowest BCUT2D eigenvalue weighted by Gasteiger charge is -2.00. The molecule has 0 amide bonds. The second-order valence-electron chi connectivity index (χ2n) is 2.63. The molecule has 0 aliphatic rings. The average molecular weight is 188 g/mol. The van der Waals surface area contributed by atoms with E-state index in [9.17, 15) is 4.79 Å². The maximum atomic E-state index is 11.3. The Kier molecular flexibility index (Phi) is 4.21. The molecule has 0 radical (unpaired) electrons. The molecule has 0 atom stereocenters. The van der Waals surface area contributed by atoms with Gasteiger partial charge in [0.25, 0.3) is 0 Å². The van der Waals surface area contributed by atoms with Crippen LogP contribution in [0.2, 0.25) is 0 Å². The van der Waals surface area contributed by atoms with E-state index in [1.54, 1.807) is 42.5 Å². The van der Waals surface area contributed by atoms with Gasteiger partial charge in [-0.2, -0.15) is 0 Å². The number of carbonyl (C=O) groups excluding carboxylic acids is 1. The summed E-state index contributed by atoms with van der Waals surface area (Å²) in [6.45, 7) is 3.79. The van der Waals surface area contributed by atoms with Crippen molar-refractivity contribution in [1.82, 2.24) is 0 Å². The molecule has 1 aromatic carbocycles. The van der Waals surface area contributed by atoms with Crippen LogP contribution in [-0.2, 0) is 4.74 Å². The Hall–Kier alpha value is -1.83. The normalized spacial score (nSPS) is 10.0. The van der Waals surface area contributed by atoms with E-state index in [0.717, 1.165) is 0 Å². The van der Waals surface area contributed by atoms with Gasteiger partial charge in [-0.1, -0.05) is 36.9 Å². The molecule has 0 N–H and O–H groups in total. The number of carbonyl (C=O) groups is 1. The second-order valence-corrected chi connectivity index (χ2v) is 2.63. The Morgan fingerprint density at radius 3 is 2.71 bits per heavy atom. The quantitative estimate of drug-likeness (QED) is 0.536. The van der Waals surface area contributed by atoms with Crippen molar-refractivity contribution in [1.29, 1.82) is 0 Å². The Morgan fingerprint density at radius 2 is 2.07 bits per heavy atom. The van der Waals surface area contributed by atoms with Crippen molar-refractivity contribution in [3.8, 4) is 0 Å². The van der Waals surface area contributed by atoms with Crippen molar-refractivity contribution < 1.29 is 9.53 Å². The molecule has 0 unspecified atom stereocenters. The highest BCUT2D eigenvalue weighted by atomic mass is 16.5. The fourth-order valence-corrected chi connectivity index (χ4v) is 0.933. The van der Waals surface area contributed by atoms with E-state index in [2.05, 4.69) is 6.58 Å². The highest BCUT2D eigenvalue weighted by Crippen LogP contribution is 2.00. The van der Waals surface area contributed by atoms with Crippen LogP contribution >= 0.6 is 0 Å². The molecule has 0 saturated heterocycles. The Bertz CT molecular complexity index is 325. The van der Waals surface area contributed by atoms with Crippen LogP contribution < -0.4 is 0 Å². The molecular formula is C12H12O2. The largest absolute Gasteiger partial charge is 0.458 e. The molecule has 0 heterocycles. The maximum Gasteiger partial charge on any atom is 0.338 e. The summed E-state index contributed by atoms with van der Waals surface area (Å²) in [6.07, 6.45) is 5.10.